The zero-order valence-electron chi connectivity index (χ0n) is 12.6. The smallest absolute Gasteiger partial charge is 0.119 e. The molecule has 1 atom stereocenters. The number of nitrogens with one attached hydrogen (secondary N) is 1. The van der Waals surface area contributed by atoms with Crippen LogP contribution in [0, 0.1) is 0 Å². The first kappa shape index (κ1) is 13.6. The molecule has 1 heterocycles. The summed E-state index contributed by atoms with van der Waals surface area (Å²) < 4.78 is 0. The third kappa shape index (κ3) is 2.38. The highest BCUT2D eigenvalue weighted by atomic mass is 16.3. The Morgan fingerprint density at radius 3 is 2.22 bits per heavy atom. The number of phenols is 1. The number of H-pyrrole nitrogens is 1. The lowest BCUT2D eigenvalue weighted by molar-refractivity contribution is 0.467. The molecule has 0 fully saturated rings. The van der Waals surface area contributed by atoms with Gasteiger partial charge in [-0.2, -0.15) is 0 Å². The third-order valence-corrected chi connectivity index (χ3v) is 4.31. The predicted octanol–water partition coefficient (Wildman–Crippen LogP) is 5.05. The molecule has 2 heteroatoms. The van der Waals surface area contributed by atoms with Gasteiger partial charge in [-0.1, -0.05) is 66.7 Å². The minimum Gasteiger partial charge on any atom is -0.508 e. The zero-order valence-corrected chi connectivity index (χ0v) is 12.6. The Morgan fingerprint density at radius 1 is 0.696 bits per heavy atom. The number of hydrogen-bond acceptors (Lipinski definition) is 1. The van der Waals surface area contributed by atoms with Gasteiger partial charge < -0.3 is 10.1 Å². The van der Waals surface area contributed by atoms with Crippen LogP contribution in [-0.2, 0) is 0 Å². The average Bonchev–Trinajstić information content (AvgIpc) is 3.02. The molecule has 1 unspecified atom stereocenters. The molecular weight excluding hydrogens is 282 g/mol. The number of para-hydroxylation sites is 2. The fourth-order valence-electron chi connectivity index (χ4n) is 3.24. The molecular formula is C21H17NO. The van der Waals surface area contributed by atoms with E-state index in [0.29, 0.717) is 5.75 Å². The topological polar surface area (TPSA) is 36.0 Å². The van der Waals surface area contributed by atoms with E-state index >= 15 is 0 Å². The fourth-order valence-corrected chi connectivity index (χ4v) is 3.24. The van der Waals surface area contributed by atoms with Gasteiger partial charge in [-0.15, -0.1) is 0 Å². The van der Waals surface area contributed by atoms with Crippen LogP contribution < -0.4 is 0 Å². The quantitative estimate of drug-likeness (QED) is 0.545. The molecule has 2 nitrogen and oxygen atoms in total. The number of hydrogen-bond donors (Lipinski definition) is 2. The van der Waals surface area contributed by atoms with Crippen molar-refractivity contribution in [3.8, 4) is 5.75 Å². The molecule has 4 rings (SSSR count). The number of phenolic OH excluding ortho intramolecular Hbond substituents is 1. The van der Waals surface area contributed by atoms with Gasteiger partial charge in [0.05, 0.1) is 0 Å². The molecule has 4 aromatic rings. The van der Waals surface area contributed by atoms with Crippen molar-refractivity contribution in [2.75, 3.05) is 0 Å². The van der Waals surface area contributed by atoms with Gasteiger partial charge in [0.1, 0.15) is 5.75 Å². The molecule has 0 spiro atoms. The monoisotopic (exact) mass is 299 g/mol. The molecule has 0 bridgehead atoms. The first-order chi connectivity index (χ1) is 11.3. The highest BCUT2D eigenvalue weighted by Crippen LogP contribution is 2.39. The van der Waals surface area contributed by atoms with Crippen molar-refractivity contribution in [2.24, 2.45) is 0 Å². The Kier molecular flexibility index (Phi) is 3.35. The van der Waals surface area contributed by atoms with E-state index in [-0.39, 0.29) is 5.92 Å². The van der Waals surface area contributed by atoms with Gasteiger partial charge in [-0.05, 0) is 23.3 Å². The van der Waals surface area contributed by atoms with Gasteiger partial charge in [0.25, 0.3) is 0 Å². The van der Waals surface area contributed by atoms with Gasteiger partial charge in [0.15, 0.2) is 0 Å². The Balaban J connectivity index is 1.98. The standard InChI is InChI=1S/C21H17NO/c23-20-13-7-5-11-17(20)21(15-8-2-1-3-9-15)18-14-22-19-12-6-4-10-16(18)19/h1-14,21-23H. The van der Waals surface area contributed by atoms with Crippen LogP contribution in [0.15, 0.2) is 85.1 Å². The molecule has 0 saturated heterocycles. The van der Waals surface area contributed by atoms with Crippen LogP contribution >= 0.6 is 0 Å². The second kappa shape index (κ2) is 5.65. The van der Waals surface area contributed by atoms with E-state index in [1.54, 1.807) is 6.07 Å². The van der Waals surface area contributed by atoms with E-state index in [1.165, 1.54) is 16.5 Å². The maximum atomic E-state index is 10.4. The normalized spacial score (nSPS) is 12.3. The molecule has 0 amide bonds. The van der Waals surface area contributed by atoms with Crippen LogP contribution in [0.4, 0.5) is 0 Å². The molecule has 3 aromatic carbocycles. The minimum atomic E-state index is -0.00597. The molecule has 2 N–H and O–H groups in total. The number of aromatic amines is 1. The molecule has 112 valence electrons. The van der Waals surface area contributed by atoms with Gasteiger partial charge in [0, 0.05) is 28.6 Å². The maximum Gasteiger partial charge on any atom is 0.119 e. The van der Waals surface area contributed by atoms with E-state index in [1.807, 2.05) is 48.5 Å². The van der Waals surface area contributed by atoms with Crippen LogP contribution in [0.1, 0.15) is 22.6 Å². The van der Waals surface area contributed by atoms with Gasteiger partial charge >= 0.3 is 0 Å². The maximum absolute atomic E-state index is 10.4. The summed E-state index contributed by atoms with van der Waals surface area (Å²) in [5.41, 5.74) is 4.37. The van der Waals surface area contributed by atoms with E-state index in [2.05, 4.69) is 35.4 Å². The number of benzene rings is 3. The van der Waals surface area contributed by atoms with Gasteiger partial charge in [-0.3, -0.25) is 0 Å². The van der Waals surface area contributed by atoms with E-state index in [0.717, 1.165) is 11.1 Å². The number of fused-ring (bicyclic) bond motifs is 1. The second-order valence-electron chi connectivity index (χ2n) is 5.69. The average molecular weight is 299 g/mol. The van der Waals surface area contributed by atoms with Gasteiger partial charge in [-0.25, -0.2) is 0 Å². The summed E-state index contributed by atoms with van der Waals surface area (Å²) in [5.74, 6) is 0.320. The molecule has 0 aliphatic carbocycles. The molecule has 0 aliphatic heterocycles. The summed E-state index contributed by atoms with van der Waals surface area (Å²) in [6, 6.07) is 26.2. The van der Waals surface area contributed by atoms with Crippen LogP contribution in [0.5, 0.6) is 5.75 Å². The molecule has 0 radical (unpaired) electrons. The number of aromatic nitrogens is 1. The van der Waals surface area contributed by atoms with Crippen LogP contribution in [0.2, 0.25) is 0 Å². The summed E-state index contributed by atoms with van der Waals surface area (Å²) in [4.78, 5) is 3.35. The first-order valence-electron chi connectivity index (χ1n) is 7.73. The van der Waals surface area contributed by atoms with Crippen molar-refractivity contribution in [1.82, 2.24) is 4.98 Å². The van der Waals surface area contributed by atoms with Crippen molar-refractivity contribution in [1.29, 1.82) is 0 Å². The van der Waals surface area contributed by atoms with Crippen molar-refractivity contribution in [2.45, 2.75) is 5.92 Å². The molecule has 23 heavy (non-hydrogen) atoms. The fraction of sp³-hybridized carbons (Fsp3) is 0.0476. The van der Waals surface area contributed by atoms with E-state index in [9.17, 15) is 5.11 Å². The predicted molar refractivity (Wildman–Crippen MR) is 93.8 cm³/mol. The lowest BCUT2D eigenvalue weighted by Crippen LogP contribution is -2.03. The summed E-state index contributed by atoms with van der Waals surface area (Å²) >= 11 is 0. The Labute approximate surface area is 135 Å². The number of aromatic hydroxyl groups is 1. The SMILES string of the molecule is Oc1ccccc1C(c1ccccc1)c1c[nH]c2ccccc12. The van der Waals surface area contributed by atoms with Crippen molar-refractivity contribution < 1.29 is 5.11 Å². The van der Waals surface area contributed by atoms with Crippen LogP contribution in [-0.4, -0.2) is 10.1 Å². The summed E-state index contributed by atoms with van der Waals surface area (Å²) in [7, 11) is 0. The molecule has 0 saturated carbocycles. The van der Waals surface area contributed by atoms with Crippen molar-refractivity contribution in [3.63, 3.8) is 0 Å². The first-order valence-corrected chi connectivity index (χ1v) is 7.73. The Morgan fingerprint density at radius 2 is 1.39 bits per heavy atom. The van der Waals surface area contributed by atoms with Crippen molar-refractivity contribution >= 4 is 10.9 Å². The summed E-state index contributed by atoms with van der Waals surface area (Å²) in [6.07, 6.45) is 2.05. The number of rotatable bonds is 3. The zero-order chi connectivity index (χ0) is 15.6. The molecule has 1 aromatic heterocycles. The Bertz CT molecular complexity index is 940. The minimum absolute atomic E-state index is 0.00597. The summed E-state index contributed by atoms with van der Waals surface area (Å²) in [6.45, 7) is 0. The lowest BCUT2D eigenvalue weighted by Gasteiger charge is -2.19. The summed E-state index contributed by atoms with van der Waals surface area (Å²) in [5, 5.41) is 11.6. The Hall–Kier alpha value is -3.00. The van der Waals surface area contributed by atoms with E-state index in [4.69, 9.17) is 0 Å². The lowest BCUT2D eigenvalue weighted by atomic mass is 9.84. The second-order valence-corrected chi connectivity index (χ2v) is 5.69. The molecule has 0 aliphatic rings. The van der Waals surface area contributed by atoms with Gasteiger partial charge in [0.2, 0.25) is 0 Å². The largest absolute Gasteiger partial charge is 0.508 e. The van der Waals surface area contributed by atoms with Crippen LogP contribution in [0.3, 0.4) is 0 Å². The third-order valence-electron chi connectivity index (χ3n) is 4.31. The van der Waals surface area contributed by atoms with E-state index < -0.39 is 0 Å². The van der Waals surface area contributed by atoms with Crippen molar-refractivity contribution in [3.05, 3.63) is 102 Å². The highest BCUT2D eigenvalue weighted by molar-refractivity contribution is 5.85. The van der Waals surface area contributed by atoms with Crippen LogP contribution in [0.25, 0.3) is 10.9 Å². The highest BCUT2D eigenvalue weighted by Gasteiger charge is 2.22.